The maximum atomic E-state index is 11.8. The van der Waals surface area contributed by atoms with Crippen LogP contribution in [-0.2, 0) is 14.3 Å². The fourth-order valence-electron chi connectivity index (χ4n) is 2.27. The first kappa shape index (κ1) is 16.6. The van der Waals surface area contributed by atoms with Gasteiger partial charge >= 0.3 is 5.97 Å². The normalized spacial score (nSPS) is 12.2. The number of fused-ring (bicyclic) bond motifs is 1. The molecule has 2 aromatic carbocycles. The number of ether oxygens (including phenoxy) is 3. The van der Waals surface area contributed by atoms with Crippen molar-refractivity contribution in [2.45, 2.75) is 6.92 Å². The third-order valence-electron chi connectivity index (χ3n) is 3.57. The molecule has 6 heteroatoms. The largest absolute Gasteiger partial charge is 0.454 e. The molecule has 1 N–H and O–H groups in total. The van der Waals surface area contributed by atoms with Crippen LogP contribution < -0.4 is 14.8 Å². The lowest BCUT2D eigenvalue weighted by molar-refractivity contribution is -0.142. The Hall–Kier alpha value is -3.28. The van der Waals surface area contributed by atoms with Crippen LogP contribution in [0, 0.1) is 6.92 Å². The highest BCUT2D eigenvalue weighted by Gasteiger charge is 2.12. The van der Waals surface area contributed by atoms with E-state index in [2.05, 4.69) is 5.32 Å². The van der Waals surface area contributed by atoms with Crippen LogP contribution in [0.2, 0.25) is 0 Å². The fraction of sp³-hybridized carbons (Fsp3) is 0.158. The van der Waals surface area contributed by atoms with E-state index in [9.17, 15) is 9.59 Å². The van der Waals surface area contributed by atoms with Gasteiger partial charge < -0.3 is 19.5 Å². The minimum atomic E-state index is -0.599. The van der Waals surface area contributed by atoms with Crippen molar-refractivity contribution in [1.82, 2.24) is 0 Å². The minimum absolute atomic E-state index is 0.195. The Morgan fingerprint density at radius 3 is 2.80 bits per heavy atom. The lowest BCUT2D eigenvalue weighted by atomic mass is 10.2. The van der Waals surface area contributed by atoms with Gasteiger partial charge in [0, 0.05) is 11.8 Å². The SMILES string of the molecule is Cc1ccccc1NC(=O)COC(=O)/C=C\c1ccc2c(c1)OCO2. The van der Waals surface area contributed by atoms with E-state index in [0.717, 1.165) is 11.1 Å². The quantitative estimate of drug-likeness (QED) is 0.670. The molecule has 0 saturated heterocycles. The molecule has 0 saturated carbocycles. The molecule has 0 fully saturated rings. The van der Waals surface area contributed by atoms with Gasteiger partial charge in [-0.3, -0.25) is 4.79 Å². The van der Waals surface area contributed by atoms with Crippen LogP contribution in [0.25, 0.3) is 6.08 Å². The van der Waals surface area contributed by atoms with Crippen LogP contribution in [-0.4, -0.2) is 25.3 Å². The number of para-hydroxylation sites is 1. The lowest BCUT2D eigenvalue weighted by Gasteiger charge is -2.07. The van der Waals surface area contributed by atoms with E-state index >= 15 is 0 Å². The average molecular weight is 339 g/mol. The molecule has 0 radical (unpaired) electrons. The van der Waals surface area contributed by atoms with Crippen molar-refractivity contribution in [3.63, 3.8) is 0 Å². The average Bonchev–Trinajstić information content (AvgIpc) is 3.08. The Kier molecular flexibility index (Phi) is 4.99. The molecular formula is C19H17NO5. The van der Waals surface area contributed by atoms with E-state index < -0.39 is 5.97 Å². The Labute approximate surface area is 145 Å². The third kappa shape index (κ3) is 4.38. The molecule has 6 nitrogen and oxygen atoms in total. The number of rotatable bonds is 5. The third-order valence-corrected chi connectivity index (χ3v) is 3.57. The van der Waals surface area contributed by atoms with Crippen LogP contribution in [0.4, 0.5) is 5.69 Å². The first-order valence-corrected chi connectivity index (χ1v) is 7.72. The summed E-state index contributed by atoms with van der Waals surface area (Å²) >= 11 is 0. The zero-order valence-corrected chi connectivity index (χ0v) is 13.7. The second-order valence-corrected chi connectivity index (χ2v) is 5.42. The molecule has 0 bridgehead atoms. The number of aryl methyl sites for hydroxylation is 1. The topological polar surface area (TPSA) is 73.9 Å². The predicted molar refractivity (Wildman–Crippen MR) is 92.4 cm³/mol. The molecule has 128 valence electrons. The van der Waals surface area contributed by atoms with Gasteiger partial charge in [-0.2, -0.15) is 0 Å². The van der Waals surface area contributed by atoms with Gasteiger partial charge in [0.2, 0.25) is 6.79 Å². The van der Waals surface area contributed by atoms with Gasteiger partial charge in [-0.25, -0.2) is 4.79 Å². The Balaban J connectivity index is 1.49. The summed E-state index contributed by atoms with van der Waals surface area (Å²) in [5.41, 5.74) is 2.40. The summed E-state index contributed by atoms with van der Waals surface area (Å²) < 4.78 is 15.4. The zero-order valence-electron chi connectivity index (χ0n) is 13.7. The van der Waals surface area contributed by atoms with Crippen LogP contribution >= 0.6 is 0 Å². The highest BCUT2D eigenvalue weighted by molar-refractivity contribution is 5.95. The van der Waals surface area contributed by atoms with E-state index in [0.29, 0.717) is 17.2 Å². The number of esters is 1. The van der Waals surface area contributed by atoms with Crippen LogP contribution in [0.1, 0.15) is 11.1 Å². The maximum Gasteiger partial charge on any atom is 0.331 e. The maximum absolute atomic E-state index is 11.8. The summed E-state index contributed by atoms with van der Waals surface area (Å²) in [6.45, 7) is 1.73. The number of amides is 1. The minimum Gasteiger partial charge on any atom is -0.454 e. The van der Waals surface area contributed by atoms with Crippen molar-refractivity contribution in [3.8, 4) is 11.5 Å². The standard InChI is InChI=1S/C19H17NO5/c1-13-4-2-3-5-15(13)20-18(21)11-23-19(22)9-7-14-6-8-16-17(10-14)25-12-24-16/h2-10H,11-12H2,1H3,(H,20,21)/b9-7-. The molecule has 25 heavy (non-hydrogen) atoms. The van der Waals surface area contributed by atoms with E-state index in [1.165, 1.54) is 6.08 Å². The molecule has 2 aromatic rings. The second kappa shape index (κ2) is 7.53. The van der Waals surface area contributed by atoms with E-state index in [1.54, 1.807) is 30.3 Å². The number of benzene rings is 2. The van der Waals surface area contributed by atoms with Crippen LogP contribution in [0.5, 0.6) is 11.5 Å². The van der Waals surface area contributed by atoms with Gasteiger partial charge in [0.05, 0.1) is 0 Å². The molecule has 1 aliphatic heterocycles. The molecular weight excluding hydrogens is 322 g/mol. The van der Waals surface area contributed by atoms with Crippen LogP contribution in [0.15, 0.2) is 48.5 Å². The number of hydrogen-bond donors (Lipinski definition) is 1. The summed E-state index contributed by atoms with van der Waals surface area (Å²) in [5.74, 6) is 0.317. The van der Waals surface area contributed by atoms with Crippen molar-refractivity contribution in [2.24, 2.45) is 0 Å². The Morgan fingerprint density at radius 1 is 1.16 bits per heavy atom. The number of anilines is 1. The Morgan fingerprint density at radius 2 is 1.96 bits per heavy atom. The van der Waals surface area contributed by atoms with Gasteiger partial charge in [-0.1, -0.05) is 24.3 Å². The summed E-state index contributed by atoms with van der Waals surface area (Å²) in [6, 6.07) is 12.7. The number of nitrogens with one attached hydrogen (secondary N) is 1. The molecule has 0 aromatic heterocycles. The molecule has 1 heterocycles. The van der Waals surface area contributed by atoms with Crippen molar-refractivity contribution in [2.75, 3.05) is 18.7 Å². The smallest absolute Gasteiger partial charge is 0.331 e. The number of carbonyl (C=O) groups excluding carboxylic acids is 2. The van der Waals surface area contributed by atoms with Gasteiger partial charge in [-0.15, -0.1) is 0 Å². The summed E-state index contributed by atoms with van der Waals surface area (Å²) in [5, 5.41) is 2.70. The van der Waals surface area contributed by atoms with Gasteiger partial charge in [0.25, 0.3) is 5.91 Å². The molecule has 0 atom stereocenters. The summed E-state index contributed by atoms with van der Waals surface area (Å²) in [7, 11) is 0. The summed E-state index contributed by atoms with van der Waals surface area (Å²) in [6.07, 6.45) is 2.85. The molecule has 3 rings (SSSR count). The van der Waals surface area contributed by atoms with Crippen molar-refractivity contribution >= 4 is 23.6 Å². The highest BCUT2D eigenvalue weighted by atomic mass is 16.7. The number of hydrogen-bond acceptors (Lipinski definition) is 5. The number of carbonyl (C=O) groups is 2. The van der Waals surface area contributed by atoms with Crippen molar-refractivity contribution in [1.29, 1.82) is 0 Å². The van der Waals surface area contributed by atoms with Gasteiger partial charge in [0.1, 0.15) is 0 Å². The van der Waals surface area contributed by atoms with E-state index in [-0.39, 0.29) is 19.3 Å². The highest BCUT2D eigenvalue weighted by Crippen LogP contribution is 2.32. The van der Waals surface area contributed by atoms with Crippen molar-refractivity contribution < 1.29 is 23.8 Å². The molecule has 1 amide bonds. The lowest BCUT2D eigenvalue weighted by Crippen LogP contribution is -2.20. The first-order valence-electron chi connectivity index (χ1n) is 7.72. The molecule has 0 aliphatic carbocycles. The fourth-order valence-corrected chi connectivity index (χ4v) is 2.27. The van der Waals surface area contributed by atoms with Crippen molar-refractivity contribution in [3.05, 3.63) is 59.7 Å². The Bertz CT molecular complexity index is 828. The zero-order chi connectivity index (χ0) is 17.6. The second-order valence-electron chi connectivity index (χ2n) is 5.42. The predicted octanol–water partition coefficient (Wildman–Crippen LogP) is 2.92. The van der Waals surface area contributed by atoms with E-state index in [4.69, 9.17) is 14.2 Å². The van der Waals surface area contributed by atoms with Crippen LogP contribution in [0.3, 0.4) is 0 Å². The van der Waals surface area contributed by atoms with E-state index in [1.807, 2.05) is 25.1 Å². The monoisotopic (exact) mass is 339 g/mol. The molecule has 1 aliphatic rings. The molecule has 0 spiro atoms. The van der Waals surface area contributed by atoms with Gasteiger partial charge in [0.15, 0.2) is 18.1 Å². The molecule has 0 unspecified atom stereocenters. The van der Waals surface area contributed by atoms with Gasteiger partial charge in [-0.05, 0) is 42.3 Å². The summed E-state index contributed by atoms with van der Waals surface area (Å²) in [4.78, 5) is 23.6. The first-order chi connectivity index (χ1) is 12.1.